The molecule has 108 valence electrons. The molecule has 2 aliphatic heterocycles. The smallest absolute Gasteiger partial charge is 0.226 e. The highest BCUT2D eigenvalue weighted by Gasteiger charge is 2.44. The van der Waals surface area contributed by atoms with E-state index < -0.39 is 0 Å². The highest BCUT2D eigenvalue weighted by Crippen LogP contribution is 2.38. The first kappa shape index (κ1) is 13.4. The van der Waals surface area contributed by atoms with Crippen LogP contribution in [0.25, 0.3) is 0 Å². The fourth-order valence-electron chi connectivity index (χ4n) is 3.14. The van der Waals surface area contributed by atoms with E-state index in [0.717, 1.165) is 31.5 Å². The van der Waals surface area contributed by atoms with Gasteiger partial charge < -0.3 is 15.4 Å². The SMILES string of the molecule is C[C@H](CNc1ccccc1)NC(=O)[C@@H]1C[C@H]2CC[C@H]1O2. The van der Waals surface area contributed by atoms with Gasteiger partial charge in [-0.1, -0.05) is 18.2 Å². The molecule has 2 saturated heterocycles. The second kappa shape index (κ2) is 5.83. The van der Waals surface area contributed by atoms with Gasteiger partial charge >= 0.3 is 0 Å². The molecule has 1 aromatic carbocycles. The first-order chi connectivity index (χ1) is 9.72. The third kappa shape index (κ3) is 2.96. The number of hydrogen-bond acceptors (Lipinski definition) is 3. The number of benzene rings is 1. The lowest BCUT2D eigenvalue weighted by molar-refractivity contribution is -0.127. The van der Waals surface area contributed by atoms with E-state index in [0.29, 0.717) is 6.10 Å². The number of hydrogen-bond donors (Lipinski definition) is 2. The molecule has 1 amide bonds. The molecule has 20 heavy (non-hydrogen) atoms. The summed E-state index contributed by atoms with van der Waals surface area (Å²) in [4.78, 5) is 12.2. The first-order valence-electron chi connectivity index (χ1n) is 7.47. The third-order valence-corrected chi connectivity index (χ3v) is 4.22. The molecule has 2 N–H and O–H groups in total. The van der Waals surface area contributed by atoms with Crippen LogP contribution in [0.3, 0.4) is 0 Å². The van der Waals surface area contributed by atoms with Gasteiger partial charge in [-0.05, 0) is 38.3 Å². The van der Waals surface area contributed by atoms with Crippen molar-refractivity contribution in [3.8, 4) is 0 Å². The van der Waals surface area contributed by atoms with Crippen LogP contribution in [0.2, 0.25) is 0 Å². The van der Waals surface area contributed by atoms with Gasteiger partial charge in [-0.25, -0.2) is 0 Å². The molecule has 2 bridgehead atoms. The summed E-state index contributed by atoms with van der Waals surface area (Å²) >= 11 is 0. The molecule has 3 rings (SSSR count). The number of para-hydroxylation sites is 1. The molecule has 0 saturated carbocycles. The fourth-order valence-corrected chi connectivity index (χ4v) is 3.14. The van der Waals surface area contributed by atoms with Crippen LogP contribution in [0.1, 0.15) is 26.2 Å². The number of rotatable bonds is 5. The Kier molecular flexibility index (Phi) is 3.92. The van der Waals surface area contributed by atoms with Crippen molar-refractivity contribution >= 4 is 11.6 Å². The number of anilines is 1. The zero-order chi connectivity index (χ0) is 13.9. The minimum atomic E-state index is 0.0629. The monoisotopic (exact) mass is 274 g/mol. The molecule has 4 nitrogen and oxygen atoms in total. The van der Waals surface area contributed by atoms with E-state index >= 15 is 0 Å². The van der Waals surface area contributed by atoms with Crippen LogP contribution in [0.5, 0.6) is 0 Å². The largest absolute Gasteiger partial charge is 0.383 e. The average molecular weight is 274 g/mol. The Morgan fingerprint density at radius 1 is 1.35 bits per heavy atom. The van der Waals surface area contributed by atoms with Crippen LogP contribution in [-0.4, -0.2) is 30.7 Å². The molecular formula is C16H22N2O2. The summed E-state index contributed by atoms with van der Waals surface area (Å²) < 4.78 is 5.74. The summed E-state index contributed by atoms with van der Waals surface area (Å²) in [5, 5.41) is 6.42. The van der Waals surface area contributed by atoms with Crippen LogP contribution in [0, 0.1) is 5.92 Å². The van der Waals surface area contributed by atoms with E-state index in [4.69, 9.17) is 4.74 Å². The first-order valence-corrected chi connectivity index (χ1v) is 7.47. The van der Waals surface area contributed by atoms with E-state index in [1.54, 1.807) is 0 Å². The Balaban J connectivity index is 1.44. The molecule has 2 heterocycles. The minimum Gasteiger partial charge on any atom is -0.383 e. The molecular weight excluding hydrogens is 252 g/mol. The van der Waals surface area contributed by atoms with Crippen LogP contribution in [0.4, 0.5) is 5.69 Å². The molecule has 2 aliphatic rings. The summed E-state index contributed by atoms with van der Waals surface area (Å²) in [6.45, 7) is 2.76. The number of amides is 1. The summed E-state index contributed by atoms with van der Waals surface area (Å²) in [6.07, 6.45) is 3.55. The van der Waals surface area contributed by atoms with Gasteiger partial charge in [0.05, 0.1) is 18.1 Å². The molecule has 0 aromatic heterocycles. The van der Waals surface area contributed by atoms with E-state index in [1.165, 1.54) is 0 Å². The predicted molar refractivity (Wildman–Crippen MR) is 78.5 cm³/mol. The molecule has 0 spiro atoms. The summed E-state index contributed by atoms with van der Waals surface area (Å²) in [7, 11) is 0. The van der Waals surface area contributed by atoms with Crippen molar-refractivity contribution in [3.05, 3.63) is 30.3 Å². The van der Waals surface area contributed by atoms with Crippen molar-refractivity contribution in [1.29, 1.82) is 0 Å². The maximum atomic E-state index is 12.2. The number of carbonyl (C=O) groups excluding carboxylic acids is 1. The van der Waals surface area contributed by atoms with Gasteiger partial charge in [-0.2, -0.15) is 0 Å². The van der Waals surface area contributed by atoms with Crippen molar-refractivity contribution in [2.24, 2.45) is 5.92 Å². The summed E-state index contributed by atoms with van der Waals surface area (Å²) in [6, 6.07) is 10.2. The summed E-state index contributed by atoms with van der Waals surface area (Å²) in [5.74, 6) is 0.215. The van der Waals surface area contributed by atoms with Gasteiger partial charge in [0.25, 0.3) is 0 Å². The van der Waals surface area contributed by atoms with Crippen LogP contribution < -0.4 is 10.6 Å². The van der Waals surface area contributed by atoms with Crippen molar-refractivity contribution in [1.82, 2.24) is 5.32 Å². The lowest BCUT2D eigenvalue weighted by Gasteiger charge is -2.21. The van der Waals surface area contributed by atoms with Crippen LogP contribution in [0.15, 0.2) is 30.3 Å². The molecule has 4 atom stereocenters. The van der Waals surface area contributed by atoms with Crippen LogP contribution >= 0.6 is 0 Å². The maximum Gasteiger partial charge on any atom is 0.226 e. The minimum absolute atomic E-state index is 0.0629. The lowest BCUT2D eigenvalue weighted by atomic mass is 9.88. The number of ether oxygens (including phenoxy) is 1. The van der Waals surface area contributed by atoms with Crippen LogP contribution in [-0.2, 0) is 9.53 Å². The topological polar surface area (TPSA) is 50.4 Å². The highest BCUT2D eigenvalue weighted by atomic mass is 16.5. The van der Waals surface area contributed by atoms with Gasteiger partial charge in [0.1, 0.15) is 0 Å². The quantitative estimate of drug-likeness (QED) is 0.865. The van der Waals surface area contributed by atoms with Crippen molar-refractivity contribution < 1.29 is 9.53 Å². The van der Waals surface area contributed by atoms with Gasteiger partial charge in [-0.15, -0.1) is 0 Å². The van der Waals surface area contributed by atoms with Gasteiger partial charge in [0, 0.05) is 18.3 Å². The van der Waals surface area contributed by atoms with Crippen molar-refractivity contribution in [3.63, 3.8) is 0 Å². The number of nitrogens with one attached hydrogen (secondary N) is 2. The summed E-state index contributed by atoms with van der Waals surface area (Å²) in [5.41, 5.74) is 1.08. The van der Waals surface area contributed by atoms with Crippen molar-refractivity contribution in [2.45, 2.75) is 44.4 Å². The molecule has 4 heteroatoms. The Bertz CT molecular complexity index is 463. The predicted octanol–water partition coefficient (Wildman–Crippen LogP) is 2.17. The maximum absolute atomic E-state index is 12.2. The fraction of sp³-hybridized carbons (Fsp3) is 0.562. The van der Waals surface area contributed by atoms with E-state index in [9.17, 15) is 4.79 Å². The van der Waals surface area contributed by atoms with E-state index in [2.05, 4.69) is 10.6 Å². The highest BCUT2D eigenvalue weighted by molar-refractivity contribution is 5.80. The number of carbonyl (C=O) groups is 1. The third-order valence-electron chi connectivity index (χ3n) is 4.22. The second-order valence-electron chi connectivity index (χ2n) is 5.87. The zero-order valence-electron chi connectivity index (χ0n) is 11.8. The van der Waals surface area contributed by atoms with Crippen molar-refractivity contribution in [2.75, 3.05) is 11.9 Å². The Hall–Kier alpha value is -1.55. The average Bonchev–Trinajstić information content (AvgIpc) is 3.09. The molecule has 0 radical (unpaired) electrons. The van der Waals surface area contributed by atoms with Gasteiger partial charge in [0.2, 0.25) is 5.91 Å². The normalized spacial score (nSPS) is 29.1. The number of fused-ring (bicyclic) bond motifs is 2. The Morgan fingerprint density at radius 3 is 2.80 bits per heavy atom. The van der Waals surface area contributed by atoms with Gasteiger partial charge in [-0.3, -0.25) is 4.79 Å². The molecule has 0 unspecified atom stereocenters. The Labute approximate surface area is 119 Å². The van der Waals surface area contributed by atoms with Gasteiger partial charge in [0.15, 0.2) is 0 Å². The molecule has 1 aromatic rings. The Morgan fingerprint density at radius 2 is 2.15 bits per heavy atom. The second-order valence-corrected chi connectivity index (χ2v) is 5.87. The standard InChI is InChI=1S/C16H22N2O2/c1-11(10-17-12-5-3-2-4-6-12)18-16(19)14-9-13-7-8-15(14)20-13/h2-6,11,13-15,17H,7-10H2,1H3,(H,18,19)/t11-,13-,14-,15-/m1/s1. The lowest BCUT2D eigenvalue weighted by Crippen LogP contribution is -2.43. The van der Waals surface area contributed by atoms with E-state index in [1.807, 2.05) is 37.3 Å². The zero-order valence-corrected chi connectivity index (χ0v) is 11.8. The van der Waals surface area contributed by atoms with E-state index in [-0.39, 0.29) is 24.0 Å². The molecule has 0 aliphatic carbocycles. The molecule has 2 fully saturated rings.